The summed E-state index contributed by atoms with van der Waals surface area (Å²) < 4.78 is 5.97. The lowest BCUT2D eigenvalue weighted by Gasteiger charge is -2.18. The van der Waals surface area contributed by atoms with Gasteiger partial charge in [0.1, 0.15) is 0 Å². The molecule has 0 saturated carbocycles. The van der Waals surface area contributed by atoms with Gasteiger partial charge < -0.3 is 15.4 Å². The summed E-state index contributed by atoms with van der Waals surface area (Å²) in [5, 5.41) is 6.79. The van der Waals surface area contributed by atoms with Crippen molar-refractivity contribution < 1.29 is 4.74 Å². The van der Waals surface area contributed by atoms with Crippen molar-refractivity contribution in [2.24, 2.45) is 10.9 Å². The highest BCUT2D eigenvalue weighted by molar-refractivity contribution is 5.79. The molecule has 2 N–H and O–H groups in total. The summed E-state index contributed by atoms with van der Waals surface area (Å²) in [6, 6.07) is 21.0. The Kier molecular flexibility index (Phi) is 7.08. The lowest BCUT2D eigenvalue weighted by Crippen LogP contribution is -2.38. The first-order valence-electron chi connectivity index (χ1n) is 9.59. The number of guanidine groups is 1. The Morgan fingerprint density at radius 3 is 2.50 bits per heavy atom. The zero-order valence-corrected chi connectivity index (χ0v) is 15.5. The van der Waals surface area contributed by atoms with Gasteiger partial charge in [-0.05, 0) is 30.9 Å². The third-order valence-corrected chi connectivity index (χ3v) is 4.72. The van der Waals surface area contributed by atoms with Crippen molar-refractivity contribution in [1.82, 2.24) is 10.6 Å². The second-order valence-electron chi connectivity index (χ2n) is 6.63. The van der Waals surface area contributed by atoms with Crippen molar-refractivity contribution in [3.8, 4) is 0 Å². The molecule has 0 aromatic heterocycles. The first-order valence-corrected chi connectivity index (χ1v) is 9.59. The van der Waals surface area contributed by atoms with E-state index in [1.54, 1.807) is 0 Å². The molecule has 4 nitrogen and oxygen atoms in total. The zero-order valence-electron chi connectivity index (χ0n) is 15.5. The molecule has 1 heterocycles. The Hall–Kier alpha value is -2.33. The van der Waals surface area contributed by atoms with Crippen molar-refractivity contribution >= 4 is 5.96 Å². The Morgan fingerprint density at radius 2 is 1.77 bits per heavy atom. The predicted molar refractivity (Wildman–Crippen MR) is 107 cm³/mol. The maximum atomic E-state index is 5.97. The first-order chi connectivity index (χ1) is 12.9. The fourth-order valence-electron chi connectivity index (χ4n) is 3.35. The monoisotopic (exact) mass is 351 g/mol. The third-order valence-electron chi connectivity index (χ3n) is 4.72. The van der Waals surface area contributed by atoms with Gasteiger partial charge >= 0.3 is 0 Å². The highest BCUT2D eigenvalue weighted by Crippen LogP contribution is 2.34. The average Bonchev–Trinajstić information content (AvgIpc) is 3.16. The Bertz CT molecular complexity index is 672. The van der Waals surface area contributed by atoms with Crippen molar-refractivity contribution in [3.63, 3.8) is 0 Å². The van der Waals surface area contributed by atoms with Crippen LogP contribution in [0, 0.1) is 5.92 Å². The van der Waals surface area contributed by atoms with Gasteiger partial charge in [-0.15, -0.1) is 0 Å². The minimum absolute atomic E-state index is 0.159. The number of ether oxygens (including phenoxy) is 1. The van der Waals surface area contributed by atoms with Crippen LogP contribution in [0.5, 0.6) is 0 Å². The molecule has 1 fully saturated rings. The van der Waals surface area contributed by atoms with Crippen LogP contribution in [0.3, 0.4) is 0 Å². The van der Waals surface area contributed by atoms with E-state index in [0.29, 0.717) is 5.92 Å². The van der Waals surface area contributed by atoms with Crippen LogP contribution in [0.4, 0.5) is 0 Å². The van der Waals surface area contributed by atoms with E-state index < -0.39 is 0 Å². The largest absolute Gasteiger partial charge is 0.373 e. The number of benzene rings is 2. The van der Waals surface area contributed by atoms with Gasteiger partial charge in [-0.25, -0.2) is 0 Å². The van der Waals surface area contributed by atoms with Gasteiger partial charge in [0.15, 0.2) is 5.96 Å². The standard InChI is InChI=1S/C22H29N3O/c1-2-23-22(24-15-13-18-9-5-3-6-10-18)25-17-20-14-16-26-21(20)19-11-7-4-8-12-19/h3-12,20-21H,2,13-17H2,1H3,(H2,23,24,25). The van der Waals surface area contributed by atoms with Gasteiger partial charge in [0, 0.05) is 32.2 Å². The normalized spacial score (nSPS) is 20.1. The number of nitrogens with zero attached hydrogens (tertiary/aromatic N) is 1. The topological polar surface area (TPSA) is 45.7 Å². The fraction of sp³-hybridized carbons (Fsp3) is 0.409. The molecular formula is C22H29N3O. The zero-order chi connectivity index (χ0) is 18.0. The van der Waals surface area contributed by atoms with Crippen LogP contribution >= 0.6 is 0 Å². The summed E-state index contributed by atoms with van der Waals surface area (Å²) in [7, 11) is 0. The van der Waals surface area contributed by atoms with Crippen LogP contribution in [-0.4, -0.2) is 32.2 Å². The number of aliphatic imine (C=N–C) groups is 1. The minimum Gasteiger partial charge on any atom is -0.373 e. The molecule has 2 aromatic carbocycles. The van der Waals surface area contributed by atoms with E-state index in [1.165, 1.54) is 11.1 Å². The maximum Gasteiger partial charge on any atom is 0.191 e. The lowest BCUT2D eigenvalue weighted by atomic mass is 9.95. The molecule has 4 heteroatoms. The molecule has 0 amide bonds. The van der Waals surface area contributed by atoms with Crippen LogP contribution in [-0.2, 0) is 11.2 Å². The summed E-state index contributed by atoms with van der Waals surface area (Å²) in [5.74, 6) is 1.32. The molecular weight excluding hydrogens is 322 g/mol. The first kappa shape index (κ1) is 18.5. The molecule has 138 valence electrons. The molecule has 1 aliphatic rings. The highest BCUT2D eigenvalue weighted by atomic mass is 16.5. The van der Waals surface area contributed by atoms with Crippen LogP contribution in [0.1, 0.15) is 30.6 Å². The van der Waals surface area contributed by atoms with Crippen LogP contribution in [0.25, 0.3) is 0 Å². The smallest absolute Gasteiger partial charge is 0.191 e. The van der Waals surface area contributed by atoms with Gasteiger partial charge in [0.25, 0.3) is 0 Å². The van der Waals surface area contributed by atoms with Gasteiger partial charge in [-0.3, -0.25) is 4.99 Å². The van der Waals surface area contributed by atoms with E-state index in [2.05, 4.69) is 72.2 Å². The summed E-state index contributed by atoms with van der Waals surface area (Å²) in [4.78, 5) is 4.82. The van der Waals surface area contributed by atoms with Gasteiger partial charge in [0.2, 0.25) is 0 Å². The van der Waals surface area contributed by atoms with Crippen molar-refractivity contribution in [1.29, 1.82) is 0 Å². The van der Waals surface area contributed by atoms with E-state index in [4.69, 9.17) is 9.73 Å². The molecule has 0 aliphatic carbocycles. The molecule has 3 rings (SSSR count). The van der Waals surface area contributed by atoms with E-state index in [1.807, 2.05) is 6.07 Å². The van der Waals surface area contributed by atoms with Gasteiger partial charge in [-0.1, -0.05) is 60.7 Å². The number of rotatable bonds is 7. The molecule has 26 heavy (non-hydrogen) atoms. The Morgan fingerprint density at radius 1 is 1.04 bits per heavy atom. The molecule has 0 radical (unpaired) electrons. The van der Waals surface area contributed by atoms with Crippen molar-refractivity contribution in [3.05, 3.63) is 71.8 Å². The SMILES string of the molecule is CCNC(=NCC1CCOC1c1ccccc1)NCCc1ccccc1. The Balaban J connectivity index is 1.54. The summed E-state index contributed by atoms with van der Waals surface area (Å²) in [5.41, 5.74) is 2.59. The van der Waals surface area contributed by atoms with Crippen molar-refractivity contribution in [2.75, 3.05) is 26.2 Å². The summed E-state index contributed by atoms with van der Waals surface area (Å²) >= 11 is 0. The molecule has 1 saturated heterocycles. The quantitative estimate of drug-likeness (QED) is 0.592. The number of hydrogen-bond donors (Lipinski definition) is 2. The second kappa shape index (κ2) is 9.97. The van der Waals surface area contributed by atoms with Crippen LogP contribution < -0.4 is 10.6 Å². The van der Waals surface area contributed by atoms with Gasteiger partial charge in [0.05, 0.1) is 6.10 Å². The highest BCUT2D eigenvalue weighted by Gasteiger charge is 2.29. The second-order valence-corrected chi connectivity index (χ2v) is 6.63. The molecule has 0 bridgehead atoms. The maximum absolute atomic E-state index is 5.97. The number of hydrogen-bond acceptors (Lipinski definition) is 2. The number of nitrogens with one attached hydrogen (secondary N) is 2. The van der Waals surface area contributed by atoms with E-state index in [0.717, 1.165) is 45.0 Å². The van der Waals surface area contributed by atoms with E-state index in [-0.39, 0.29) is 6.10 Å². The average molecular weight is 351 g/mol. The summed E-state index contributed by atoms with van der Waals surface area (Å²) in [6.45, 7) is 5.43. The molecule has 2 atom stereocenters. The summed E-state index contributed by atoms with van der Waals surface area (Å²) in [6.07, 6.45) is 2.21. The molecule has 0 spiro atoms. The molecule has 2 aromatic rings. The predicted octanol–water partition coefficient (Wildman–Crippen LogP) is 3.56. The van der Waals surface area contributed by atoms with Gasteiger partial charge in [-0.2, -0.15) is 0 Å². The minimum atomic E-state index is 0.159. The van der Waals surface area contributed by atoms with E-state index >= 15 is 0 Å². The fourth-order valence-corrected chi connectivity index (χ4v) is 3.35. The van der Waals surface area contributed by atoms with Crippen molar-refractivity contribution in [2.45, 2.75) is 25.9 Å². The molecule has 1 aliphatic heterocycles. The lowest BCUT2D eigenvalue weighted by molar-refractivity contribution is 0.0925. The van der Waals surface area contributed by atoms with Crippen LogP contribution in [0.15, 0.2) is 65.7 Å². The Labute approximate surface area is 156 Å². The van der Waals surface area contributed by atoms with E-state index in [9.17, 15) is 0 Å². The van der Waals surface area contributed by atoms with Crippen LogP contribution in [0.2, 0.25) is 0 Å². The third kappa shape index (κ3) is 5.33. The molecule has 2 unspecified atom stereocenters.